The molecule has 0 aliphatic carbocycles. The minimum absolute atomic E-state index is 0.203. The van der Waals surface area contributed by atoms with Crippen molar-refractivity contribution >= 4 is 20.9 Å². The molecule has 3 aromatic rings. The lowest BCUT2D eigenvalue weighted by atomic mass is 10.1. The van der Waals surface area contributed by atoms with E-state index in [1.165, 1.54) is 0 Å². The Kier molecular flexibility index (Phi) is 4.15. The molecule has 1 atom stereocenters. The zero-order valence-corrected chi connectivity index (χ0v) is 13.8. The fourth-order valence-electron chi connectivity index (χ4n) is 2.51. The molecule has 1 heterocycles. The van der Waals surface area contributed by atoms with E-state index in [0.29, 0.717) is 5.52 Å². The first-order chi connectivity index (χ1) is 11.0. The number of nitrogens with zero attached hydrogens (tertiary/aromatic N) is 1. The monoisotopic (exact) mass is 326 g/mol. The molecule has 0 aliphatic rings. The van der Waals surface area contributed by atoms with Crippen LogP contribution in [0.4, 0.5) is 0 Å². The quantitative estimate of drug-likeness (QED) is 0.797. The van der Waals surface area contributed by atoms with E-state index in [9.17, 15) is 8.42 Å². The number of hydrogen-bond donors (Lipinski definition) is 1. The van der Waals surface area contributed by atoms with Crippen LogP contribution in [0, 0.1) is 6.92 Å². The second-order valence-electron chi connectivity index (χ2n) is 5.58. The minimum atomic E-state index is -3.66. The Morgan fingerprint density at radius 3 is 2.43 bits per heavy atom. The Morgan fingerprint density at radius 2 is 1.70 bits per heavy atom. The first kappa shape index (κ1) is 15.6. The van der Waals surface area contributed by atoms with Crippen molar-refractivity contribution in [1.29, 1.82) is 0 Å². The highest BCUT2D eigenvalue weighted by Gasteiger charge is 2.21. The number of aromatic nitrogens is 1. The molecular formula is C18H18N2O2S. The van der Waals surface area contributed by atoms with Crippen molar-refractivity contribution in [2.45, 2.75) is 24.8 Å². The van der Waals surface area contributed by atoms with Crippen molar-refractivity contribution in [1.82, 2.24) is 9.71 Å². The molecule has 0 aliphatic heterocycles. The third-order valence-corrected chi connectivity index (χ3v) is 5.37. The molecule has 0 fully saturated rings. The van der Waals surface area contributed by atoms with Crippen LogP contribution in [0.15, 0.2) is 65.7 Å². The van der Waals surface area contributed by atoms with E-state index in [4.69, 9.17) is 0 Å². The van der Waals surface area contributed by atoms with E-state index in [0.717, 1.165) is 16.5 Å². The van der Waals surface area contributed by atoms with E-state index >= 15 is 0 Å². The Labute approximate surface area is 136 Å². The number of sulfonamides is 1. The molecule has 4 nitrogen and oxygen atoms in total. The van der Waals surface area contributed by atoms with E-state index in [-0.39, 0.29) is 10.9 Å². The molecule has 1 unspecified atom stereocenters. The summed E-state index contributed by atoms with van der Waals surface area (Å²) >= 11 is 0. The van der Waals surface area contributed by atoms with Crippen LogP contribution in [0.25, 0.3) is 10.9 Å². The largest absolute Gasteiger partial charge is 0.255 e. The molecule has 23 heavy (non-hydrogen) atoms. The van der Waals surface area contributed by atoms with Crippen LogP contribution in [0.3, 0.4) is 0 Å². The average molecular weight is 326 g/mol. The summed E-state index contributed by atoms with van der Waals surface area (Å²) in [6.45, 7) is 3.83. The highest BCUT2D eigenvalue weighted by atomic mass is 32.2. The van der Waals surface area contributed by atoms with Crippen LogP contribution in [0.5, 0.6) is 0 Å². The molecule has 0 saturated carbocycles. The van der Waals surface area contributed by atoms with Crippen molar-refractivity contribution in [3.63, 3.8) is 0 Å². The first-order valence-corrected chi connectivity index (χ1v) is 8.88. The van der Waals surface area contributed by atoms with Crippen LogP contribution in [-0.2, 0) is 10.0 Å². The van der Waals surface area contributed by atoms with Crippen LogP contribution in [0.1, 0.15) is 24.1 Å². The van der Waals surface area contributed by atoms with Crippen molar-refractivity contribution in [2.75, 3.05) is 0 Å². The van der Waals surface area contributed by atoms with Gasteiger partial charge in [-0.05, 0) is 31.5 Å². The van der Waals surface area contributed by atoms with Gasteiger partial charge in [0.05, 0.1) is 5.52 Å². The summed E-state index contributed by atoms with van der Waals surface area (Å²) in [5.41, 5.74) is 2.55. The number of benzene rings is 2. The molecular weight excluding hydrogens is 308 g/mol. The number of rotatable bonds is 4. The summed E-state index contributed by atoms with van der Waals surface area (Å²) in [5, 5.41) is 0.804. The van der Waals surface area contributed by atoms with Gasteiger partial charge < -0.3 is 0 Å². The maximum absolute atomic E-state index is 12.7. The second-order valence-corrected chi connectivity index (χ2v) is 7.27. The van der Waals surface area contributed by atoms with Gasteiger partial charge in [-0.3, -0.25) is 4.98 Å². The average Bonchev–Trinajstić information content (AvgIpc) is 2.54. The third-order valence-electron chi connectivity index (χ3n) is 3.79. The molecule has 118 valence electrons. The maximum atomic E-state index is 12.7. The lowest BCUT2D eigenvalue weighted by Gasteiger charge is -2.15. The van der Waals surface area contributed by atoms with Crippen molar-refractivity contribution in [2.24, 2.45) is 0 Å². The van der Waals surface area contributed by atoms with E-state index in [2.05, 4.69) is 9.71 Å². The number of para-hydroxylation sites is 1. The van der Waals surface area contributed by atoms with Crippen molar-refractivity contribution in [3.05, 3.63) is 71.9 Å². The predicted molar refractivity (Wildman–Crippen MR) is 91.7 cm³/mol. The van der Waals surface area contributed by atoms with Crippen LogP contribution in [-0.4, -0.2) is 13.4 Å². The van der Waals surface area contributed by atoms with E-state index in [1.807, 2.05) is 50.2 Å². The van der Waals surface area contributed by atoms with Gasteiger partial charge in [-0.25, -0.2) is 13.1 Å². The van der Waals surface area contributed by atoms with Gasteiger partial charge in [0.1, 0.15) is 4.90 Å². The molecule has 1 N–H and O–H groups in total. The molecule has 5 heteroatoms. The maximum Gasteiger partial charge on any atom is 0.243 e. The highest BCUT2D eigenvalue weighted by molar-refractivity contribution is 7.89. The molecule has 1 aromatic heterocycles. The van der Waals surface area contributed by atoms with Gasteiger partial charge in [-0.2, -0.15) is 0 Å². The topological polar surface area (TPSA) is 59.1 Å². The summed E-state index contributed by atoms with van der Waals surface area (Å²) in [6.07, 6.45) is 1.60. The smallest absolute Gasteiger partial charge is 0.243 e. The molecule has 0 radical (unpaired) electrons. The van der Waals surface area contributed by atoms with Gasteiger partial charge in [0, 0.05) is 17.6 Å². The molecule has 0 amide bonds. The van der Waals surface area contributed by atoms with Crippen LogP contribution in [0.2, 0.25) is 0 Å². The zero-order valence-electron chi connectivity index (χ0n) is 13.0. The number of pyridine rings is 1. The standard InChI is InChI=1S/C18H18N2O2S/c1-13-8-10-15(11-9-13)14(2)20-23(21,22)17-7-3-5-16-6-4-12-19-18(16)17/h3-12,14,20H,1-2H3. The zero-order chi connectivity index (χ0) is 16.4. The number of fused-ring (bicyclic) bond motifs is 1. The summed E-state index contributed by atoms with van der Waals surface area (Å²) in [5.74, 6) is 0. The lowest BCUT2D eigenvalue weighted by molar-refractivity contribution is 0.567. The van der Waals surface area contributed by atoms with Crippen LogP contribution >= 0.6 is 0 Å². The fourth-order valence-corrected chi connectivity index (χ4v) is 3.92. The molecule has 3 rings (SSSR count). The summed E-state index contributed by atoms with van der Waals surface area (Å²) in [4.78, 5) is 4.42. The van der Waals surface area contributed by atoms with Gasteiger partial charge in [0.15, 0.2) is 0 Å². The Balaban J connectivity index is 1.96. The Morgan fingerprint density at radius 1 is 1.00 bits per heavy atom. The van der Waals surface area contributed by atoms with Gasteiger partial charge in [0.2, 0.25) is 10.0 Å². The van der Waals surface area contributed by atoms with Crippen LogP contribution < -0.4 is 4.72 Å². The van der Waals surface area contributed by atoms with Crippen molar-refractivity contribution < 1.29 is 8.42 Å². The predicted octanol–water partition coefficient (Wildman–Crippen LogP) is 3.58. The summed E-state index contributed by atoms with van der Waals surface area (Å²) in [7, 11) is -3.66. The number of nitrogens with one attached hydrogen (secondary N) is 1. The van der Waals surface area contributed by atoms with Gasteiger partial charge >= 0.3 is 0 Å². The molecule has 0 spiro atoms. The van der Waals surface area contributed by atoms with Gasteiger partial charge in [0.25, 0.3) is 0 Å². The SMILES string of the molecule is Cc1ccc(C(C)NS(=O)(=O)c2cccc3cccnc23)cc1. The minimum Gasteiger partial charge on any atom is -0.255 e. The van der Waals surface area contributed by atoms with E-state index < -0.39 is 10.0 Å². The summed E-state index contributed by atoms with van der Waals surface area (Å²) in [6, 6.07) is 16.3. The normalized spacial score (nSPS) is 13.1. The molecule has 0 bridgehead atoms. The molecule has 2 aromatic carbocycles. The van der Waals surface area contributed by atoms with E-state index in [1.54, 1.807) is 24.4 Å². The third kappa shape index (κ3) is 3.25. The fraction of sp³-hybridized carbons (Fsp3) is 0.167. The van der Waals surface area contributed by atoms with Gasteiger partial charge in [-0.1, -0.05) is 48.0 Å². The lowest BCUT2D eigenvalue weighted by Crippen LogP contribution is -2.27. The second kappa shape index (κ2) is 6.10. The highest BCUT2D eigenvalue weighted by Crippen LogP contribution is 2.23. The van der Waals surface area contributed by atoms with Gasteiger partial charge in [-0.15, -0.1) is 0 Å². The van der Waals surface area contributed by atoms with Crippen molar-refractivity contribution in [3.8, 4) is 0 Å². The number of hydrogen-bond acceptors (Lipinski definition) is 3. The molecule has 0 saturated heterocycles. The first-order valence-electron chi connectivity index (χ1n) is 7.40. The number of aryl methyl sites for hydroxylation is 1. The Bertz CT molecular complexity index is 929. The summed E-state index contributed by atoms with van der Waals surface area (Å²) < 4.78 is 28.2. The Hall–Kier alpha value is -2.24.